The summed E-state index contributed by atoms with van der Waals surface area (Å²) < 4.78 is 45.3. The molecule has 0 bridgehead atoms. The number of nitrogens with zero attached hydrogens (tertiary/aromatic N) is 1. The molecule has 2 aromatic rings. The number of thioether (sulfide) groups is 1. The van der Waals surface area contributed by atoms with E-state index in [0.29, 0.717) is 5.75 Å². The van der Waals surface area contributed by atoms with Crippen molar-refractivity contribution in [1.82, 2.24) is 4.31 Å². The van der Waals surface area contributed by atoms with Crippen molar-refractivity contribution in [3.8, 4) is 0 Å². The van der Waals surface area contributed by atoms with E-state index in [1.54, 1.807) is 30.3 Å². The van der Waals surface area contributed by atoms with Crippen LogP contribution in [0.15, 0.2) is 59.5 Å². The highest BCUT2D eigenvalue weighted by Crippen LogP contribution is 2.29. The molecule has 3 rings (SSSR count). The molecular formula is C17H16FNO4S2. The summed E-state index contributed by atoms with van der Waals surface area (Å²) in [5.74, 6) is -0.656. The van der Waals surface area contributed by atoms with Crippen LogP contribution in [0.3, 0.4) is 0 Å². The first-order valence-corrected chi connectivity index (χ1v) is 10.1. The molecule has 1 aliphatic heterocycles. The maximum Gasteiger partial charge on any atom is 0.325 e. The normalized spacial score (nSPS) is 18.2. The van der Waals surface area contributed by atoms with Crippen LogP contribution in [0.4, 0.5) is 4.39 Å². The van der Waals surface area contributed by atoms with E-state index in [4.69, 9.17) is 4.74 Å². The van der Waals surface area contributed by atoms with Gasteiger partial charge < -0.3 is 4.74 Å². The van der Waals surface area contributed by atoms with E-state index in [1.807, 2.05) is 0 Å². The van der Waals surface area contributed by atoms with Crippen LogP contribution in [0.2, 0.25) is 0 Å². The average molecular weight is 381 g/mol. The van der Waals surface area contributed by atoms with Crippen LogP contribution in [-0.2, 0) is 26.2 Å². The number of esters is 1. The van der Waals surface area contributed by atoms with Crippen molar-refractivity contribution in [3.63, 3.8) is 0 Å². The minimum Gasteiger partial charge on any atom is -0.459 e. The minimum absolute atomic E-state index is 0.129. The van der Waals surface area contributed by atoms with Gasteiger partial charge in [-0.2, -0.15) is 4.31 Å². The summed E-state index contributed by atoms with van der Waals surface area (Å²) in [7, 11) is -3.79. The minimum atomic E-state index is -3.79. The van der Waals surface area contributed by atoms with Crippen molar-refractivity contribution >= 4 is 27.8 Å². The molecule has 0 saturated carbocycles. The first kappa shape index (κ1) is 17.9. The fourth-order valence-electron chi connectivity index (χ4n) is 2.44. The number of rotatable bonds is 5. The Bertz CT molecular complexity index is 858. The molecule has 1 fully saturated rings. The fourth-order valence-corrected chi connectivity index (χ4v) is 5.58. The summed E-state index contributed by atoms with van der Waals surface area (Å²) >= 11 is 1.34. The summed E-state index contributed by atoms with van der Waals surface area (Å²) in [4.78, 5) is 12.5. The van der Waals surface area contributed by atoms with Gasteiger partial charge in [0.15, 0.2) is 0 Å². The average Bonchev–Trinajstić information content (AvgIpc) is 3.12. The summed E-state index contributed by atoms with van der Waals surface area (Å²) in [6, 6.07) is 13.0. The molecule has 1 aliphatic rings. The Labute approximate surface area is 149 Å². The second-order valence-corrected chi connectivity index (χ2v) is 8.31. The van der Waals surface area contributed by atoms with E-state index in [2.05, 4.69) is 0 Å². The molecule has 25 heavy (non-hydrogen) atoms. The van der Waals surface area contributed by atoms with Gasteiger partial charge in [0, 0.05) is 11.3 Å². The molecule has 1 heterocycles. The highest BCUT2D eigenvalue weighted by molar-refractivity contribution is 8.00. The van der Waals surface area contributed by atoms with Crippen LogP contribution in [0.25, 0.3) is 0 Å². The summed E-state index contributed by atoms with van der Waals surface area (Å²) in [6.45, 7) is -0.230. The van der Waals surface area contributed by atoms with Gasteiger partial charge in [0.25, 0.3) is 0 Å². The highest BCUT2D eigenvalue weighted by Gasteiger charge is 2.41. The predicted molar refractivity (Wildman–Crippen MR) is 92.8 cm³/mol. The van der Waals surface area contributed by atoms with Crippen molar-refractivity contribution in [1.29, 1.82) is 0 Å². The number of benzene rings is 2. The SMILES string of the molecule is O=C(OCc1ccccc1F)[C@H]1CSCN1S(=O)(=O)c1ccccc1. The largest absolute Gasteiger partial charge is 0.459 e. The quantitative estimate of drug-likeness (QED) is 0.745. The zero-order chi connectivity index (χ0) is 17.9. The number of sulfonamides is 1. The highest BCUT2D eigenvalue weighted by atomic mass is 32.2. The molecule has 5 nitrogen and oxygen atoms in total. The van der Waals surface area contributed by atoms with Gasteiger partial charge in [-0.3, -0.25) is 4.79 Å². The van der Waals surface area contributed by atoms with Gasteiger partial charge in [-0.1, -0.05) is 36.4 Å². The molecule has 0 N–H and O–H groups in total. The van der Waals surface area contributed by atoms with Crippen molar-refractivity contribution in [2.45, 2.75) is 17.5 Å². The molecule has 0 aromatic heterocycles. The van der Waals surface area contributed by atoms with Crippen LogP contribution in [0.5, 0.6) is 0 Å². The molecule has 0 amide bonds. The summed E-state index contributed by atoms with van der Waals surface area (Å²) in [5, 5.41) is 0. The zero-order valence-corrected chi connectivity index (χ0v) is 14.8. The van der Waals surface area contributed by atoms with Gasteiger partial charge in [-0.05, 0) is 18.2 Å². The van der Waals surface area contributed by atoms with Gasteiger partial charge in [-0.15, -0.1) is 11.8 Å². The first-order valence-electron chi connectivity index (χ1n) is 7.55. The first-order chi connectivity index (χ1) is 12.0. The van der Waals surface area contributed by atoms with Crippen LogP contribution < -0.4 is 0 Å². The standard InChI is InChI=1S/C17H16FNO4S2/c18-15-9-5-4-6-13(15)10-23-17(20)16-11-24-12-19(16)25(21,22)14-7-2-1-3-8-14/h1-9,16H,10-12H2/t16-/m1/s1. The molecule has 0 unspecified atom stereocenters. The van der Waals surface area contributed by atoms with Crippen molar-refractivity contribution < 1.29 is 22.3 Å². The molecule has 132 valence electrons. The van der Waals surface area contributed by atoms with E-state index in [0.717, 1.165) is 4.31 Å². The lowest BCUT2D eigenvalue weighted by Gasteiger charge is -2.22. The van der Waals surface area contributed by atoms with Crippen molar-refractivity contribution in [3.05, 3.63) is 66.0 Å². The Balaban J connectivity index is 1.73. The molecule has 0 radical (unpaired) electrons. The Morgan fingerprint density at radius 1 is 1.16 bits per heavy atom. The van der Waals surface area contributed by atoms with Gasteiger partial charge >= 0.3 is 5.97 Å². The Morgan fingerprint density at radius 2 is 1.84 bits per heavy atom. The second kappa shape index (κ2) is 7.55. The molecule has 0 aliphatic carbocycles. The second-order valence-electron chi connectivity index (χ2n) is 5.42. The summed E-state index contributed by atoms with van der Waals surface area (Å²) in [5.41, 5.74) is 0.249. The third-order valence-electron chi connectivity index (χ3n) is 3.79. The maximum absolute atomic E-state index is 13.6. The van der Waals surface area contributed by atoms with Gasteiger partial charge in [-0.25, -0.2) is 12.8 Å². The number of hydrogen-bond acceptors (Lipinski definition) is 5. The van der Waals surface area contributed by atoms with E-state index >= 15 is 0 Å². The molecular weight excluding hydrogens is 365 g/mol. The van der Waals surface area contributed by atoms with E-state index in [9.17, 15) is 17.6 Å². The lowest BCUT2D eigenvalue weighted by atomic mass is 10.2. The number of ether oxygens (including phenoxy) is 1. The Hall–Kier alpha value is -1.90. The Morgan fingerprint density at radius 3 is 2.56 bits per heavy atom. The number of halogens is 1. The molecule has 8 heteroatoms. The van der Waals surface area contributed by atoms with Crippen LogP contribution >= 0.6 is 11.8 Å². The number of carbonyl (C=O) groups is 1. The van der Waals surface area contributed by atoms with E-state index in [1.165, 1.54) is 36.0 Å². The van der Waals surface area contributed by atoms with E-state index in [-0.39, 0.29) is 22.9 Å². The predicted octanol–water partition coefficient (Wildman–Crippen LogP) is 2.63. The summed E-state index contributed by atoms with van der Waals surface area (Å²) in [6.07, 6.45) is 0. The smallest absolute Gasteiger partial charge is 0.325 e. The fraction of sp³-hybridized carbons (Fsp3) is 0.235. The zero-order valence-electron chi connectivity index (χ0n) is 13.2. The number of carbonyl (C=O) groups excluding carboxylic acids is 1. The van der Waals surface area contributed by atoms with Crippen LogP contribution in [0.1, 0.15) is 5.56 Å². The van der Waals surface area contributed by atoms with Crippen molar-refractivity contribution in [2.75, 3.05) is 11.6 Å². The lowest BCUT2D eigenvalue weighted by Crippen LogP contribution is -2.42. The van der Waals surface area contributed by atoms with Gasteiger partial charge in [0.2, 0.25) is 10.0 Å². The third-order valence-corrected chi connectivity index (χ3v) is 6.84. The maximum atomic E-state index is 13.6. The molecule has 1 saturated heterocycles. The van der Waals surface area contributed by atoms with E-state index < -0.39 is 27.9 Å². The van der Waals surface area contributed by atoms with Gasteiger partial charge in [0.1, 0.15) is 18.5 Å². The lowest BCUT2D eigenvalue weighted by molar-refractivity contribution is -0.148. The molecule has 1 atom stereocenters. The van der Waals surface area contributed by atoms with Crippen LogP contribution in [0, 0.1) is 5.82 Å². The van der Waals surface area contributed by atoms with Crippen molar-refractivity contribution in [2.24, 2.45) is 0 Å². The monoisotopic (exact) mass is 381 g/mol. The molecule has 2 aromatic carbocycles. The molecule has 0 spiro atoms. The number of hydrogen-bond donors (Lipinski definition) is 0. The van der Waals surface area contributed by atoms with Crippen LogP contribution in [-0.4, -0.2) is 36.4 Å². The third kappa shape index (κ3) is 3.86. The van der Waals surface area contributed by atoms with Gasteiger partial charge in [0.05, 0.1) is 10.8 Å². The topological polar surface area (TPSA) is 63.7 Å². The Kier molecular flexibility index (Phi) is 5.41.